The number of halogens is 2. The van der Waals surface area contributed by atoms with Crippen molar-refractivity contribution in [1.82, 2.24) is 23.5 Å². The van der Waals surface area contributed by atoms with Gasteiger partial charge in [-0.25, -0.2) is 28.5 Å². The van der Waals surface area contributed by atoms with Crippen LogP contribution in [0, 0.1) is 0 Å². The lowest BCUT2D eigenvalue weighted by Gasteiger charge is -2.39. The molecule has 0 spiro atoms. The Morgan fingerprint density at radius 1 is 1.00 bits per heavy atom. The van der Waals surface area contributed by atoms with Gasteiger partial charge in [-0.2, -0.15) is 0 Å². The predicted molar refractivity (Wildman–Crippen MR) is 181 cm³/mol. The van der Waals surface area contributed by atoms with E-state index in [1.54, 1.807) is 37.4 Å². The van der Waals surface area contributed by atoms with Crippen LogP contribution in [0.4, 0.5) is 0 Å². The number of fused-ring (bicyclic) bond motifs is 4. The molecule has 3 heterocycles. The van der Waals surface area contributed by atoms with Crippen molar-refractivity contribution in [3.63, 3.8) is 0 Å². The Morgan fingerprint density at radius 3 is 2.46 bits per heavy atom. The average molecular weight is 781 g/mol. The smallest absolute Gasteiger partial charge is 0.347 e. The average Bonchev–Trinajstić information content (AvgIpc) is 3.32. The van der Waals surface area contributed by atoms with Crippen LogP contribution in [0.5, 0.6) is 17.2 Å². The van der Waals surface area contributed by atoms with Crippen LogP contribution in [-0.4, -0.2) is 54.4 Å². The standard InChI is InChI=1S/C33H27Br2N5O8/c1-37-23-14-27(48-3)26(47-2)13-21(23)36-20(31(37)44)7-8-38-32(45)39-9-6-16-22(40(39)33(38)46)11-18-29(25(42)12-19(35)30(18)43)28(16)17-10-15(34)4-5-24(17)41/h4-6,10,12-14,22,28,41H,7-9,11H2,1-3H3. The van der Waals surface area contributed by atoms with Gasteiger partial charge in [-0.15, -0.1) is 0 Å². The van der Waals surface area contributed by atoms with Gasteiger partial charge >= 0.3 is 11.4 Å². The number of allylic oxidation sites excluding steroid dienone is 6. The maximum absolute atomic E-state index is 14.1. The summed E-state index contributed by atoms with van der Waals surface area (Å²) < 4.78 is 16.6. The number of Topliss-reactive ketones (excluding diaryl/α,β-unsaturated/α-hetero) is 1. The number of phenols is 1. The van der Waals surface area contributed by atoms with E-state index in [1.807, 2.05) is 0 Å². The van der Waals surface area contributed by atoms with Crippen molar-refractivity contribution in [2.24, 2.45) is 7.05 Å². The molecule has 2 aromatic heterocycles. The van der Waals surface area contributed by atoms with Gasteiger partial charge in [0.15, 0.2) is 23.1 Å². The lowest BCUT2D eigenvalue weighted by Crippen LogP contribution is -2.40. The highest BCUT2D eigenvalue weighted by atomic mass is 79.9. The van der Waals surface area contributed by atoms with Gasteiger partial charge in [-0.05, 0) is 39.7 Å². The SMILES string of the molecule is COc1cc2nc(CCn3c(=O)n4n(c3=O)C3CC5=C(C(=O)C=C(Br)C5=O)C(c5cc(Br)ccc5O)C3=CC4)c(=O)n(C)c2cc1OC. The monoisotopic (exact) mass is 779 g/mol. The second-order valence-electron chi connectivity index (χ2n) is 11.7. The number of carbonyl (C=O) groups excluding carboxylic acids is 2. The van der Waals surface area contributed by atoms with Crippen molar-refractivity contribution in [2.45, 2.75) is 37.9 Å². The highest BCUT2D eigenvalue weighted by molar-refractivity contribution is 9.12. The Bertz CT molecular complexity index is 2390. The molecule has 0 bridgehead atoms. The van der Waals surface area contributed by atoms with Crippen molar-refractivity contribution in [2.75, 3.05) is 14.2 Å². The van der Waals surface area contributed by atoms with Gasteiger partial charge in [-0.3, -0.25) is 14.4 Å². The maximum atomic E-state index is 14.1. The number of aryl methyl sites for hydroxylation is 2. The van der Waals surface area contributed by atoms with Crippen LogP contribution in [0.25, 0.3) is 11.0 Å². The number of ketones is 2. The van der Waals surface area contributed by atoms with E-state index < -0.39 is 34.7 Å². The third-order valence-corrected chi connectivity index (χ3v) is 10.3. The molecule has 2 aromatic carbocycles. The van der Waals surface area contributed by atoms with Gasteiger partial charge in [0, 0.05) is 71.7 Å². The summed E-state index contributed by atoms with van der Waals surface area (Å²) in [6.07, 6.45) is 2.97. The number of phenolic OH excluding ortho intramolecular Hbond substituents is 1. The van der Waals surface area contributed by atoms with Crippen LogP contribution in [0.2, 0.25) is 0 Å². The fraction of sp³-hybridized carbons (Fsp3) is 0.273. The lowest BCUT2D eigenvalue weighted by atomic mass is 9.68. The number of carbonyl (C=O) groups is 2. The first-order chi connectivity index (χ1) is 22.9. The molecule has 2 aliphatic carbocycles. The van der Waals surface area contributed by atoms with E-state index in [0.29, 0.717) is 38.1 Å². The van der Waals surface area contributed by atoms with E-state index in [0.717, 1.165) is 4.57 Å². The van der Waals surface area contributed by atoms with Crippen molar-refractivity contribution in [1.29, 1.82) is 0 Å². The first kappa shape index (κ1) is 31.8. The first-order valence-electron chi connectivity index (χ1n) is 14.9. The summed E-state index contributed by atoms with van der Waals surface area (Å²) in [6, 6.07) is 7.33. The minimum atomic E-state index is -0.843. The molecule has 0 radical (unpaired) electrons. The number of aromatic nitrogens is 5. The summed E-state index contributed by atoms with van der Waals surface area (Å²) in [7, 11) is 4.59. The zero-order chi connectivity index (χ0) is 34.2. The number of methoxy groups -OCH3 is 2. The third kappa shape index (κ3) is 4.78. The van der Waals surface area contributed by atoms with E-state index in [9.17, 15) is 29.1 Å². The van der Waals surface area contributed by atoms with E-state index in [2.05, 4.69) is 36.8 Å². The molecular weight excluding hydrogens is 754 g/mol. The van der Waals surface area contributed by atoms with Crippen molar-refractivity contribution >= 4 is 54.5 Å². The molecular formula is C33H27Br2N5O8. The fourth-order valence-electron chi connectivity index (χ4n) is 6.92. The molecule has 0 saturated heterocycles. The summed E-state index contributed by atoms with van der Waals surface area (Å²) in [4.78, 5) is 72.5. The fourth-order valence-corrected chi connectivity index (χ4v) is 7.75. The minimum absolute atomic E-state index is 0.0125. The summed E-state index contributed by atoms with van der Waals surface area (Å²) in [5.41, 5.74) is 0.963. The van der Waals surface area contributed by atoms with E-state index in [4.69, 9.17) is 9.47 Å². The summed E-state index contributed by atoms with van der Waals surface area (Å²) in [6.45, 7) is -0.122. The number of ether oxygens (including phenoxy) is 2. The molecule has 0 saturated carbocycles. The quantitative estimate of drug-likeness (QED) is 0.229. The minimum Gasteiger partial charge on any atom is -0.508 e. The number of rotatable bonds is 6. The highest BCUT2D eigenvalue weighted by Crippen LogP contribution is 2.51. The molecule has 4 aromatic rings. The number of benzene rings is 2. The van der Waals surface area contributed by atoms with Crippen LogP contribution in [0.15, 0.2) is 82.5 Å². The Kier molecular flexibility index (Phi) is 7.78. The molecule has 0 amide bonds. The highest BCUT2D eigenvalue weighted by Gasteiger charge is 2.45. The Labute approximate surface area is 288 Å². The lowest BCUT2D eigenvalue weighted by molar-refractivity contribution is -0.115. The van der Waals surface area contributed by atoms with Crippen molar-refractivity contribution < 1.29 is 24.2 Å². The van der Waals surface area contributed by atoms with Crippen LogP contribution >= 0.6 is 31.9 Å². The first-order valence-corrected chi connectivity index (χ1v) is 16.4. The van der Waals surface area contributed by atoms with Crippen LogP contribution < -0.4 is 26.4 Å². The third-order valence-electron chi connectivity index (χ3n) is 9.20. The predicted octanol–water partition coefficient (Wildman–Crippen LogP) is 3.18. The maximum Gasteiger partial charge on any atom is 0.347 e. The molecule has 48 heavy (non-hydrogen) atoms. The zero-order valence-electron chi connectivity index (χ0n) is 25.8. The molecule has 13 nitrogen and oxygen atoms in total. The Balaban J connectivity index is 1.30. The molecule has 3 aliphatic rings. The number of nitrogens with zero attached hydrogens (tertiary/aromatic N) is 5. The Morgan fingerprint density at radius 2 is 1.73 bits per heavy atom. The molecule has 1 N–H and O–H groups in total. The number of hydrogen-bond acceptors (Lipinski definition) is 9. The Hall–Kier alpha value is -4.76. The van der Waals surface area contributed by atoms with Gasteiger partial charge in [-0.1, -0.05) is 22.0 Å². The van der Waals surface area contributed by atoms with Gasteiger partial charge in [0.2, 0.25) is 0 Å². The summed E-state index contributed by atoms with van der Waals surface area (Å²) in [5.74, 6) is -0.841. The normalized spacial score (nSPS) is 18.7. The van der Waals surface area contributed by atoms with E-state index >= 15 is 0 Å². The molecule has 7 rings (SSSR count). The number of aromatic hydroxyl groups is 1. The van der Waals surface area contributed by atoms with Crippen molar-refractivity contribution in [3.05, 3.63) is 111 Å². The van der Waals surface area contributed by atoms with Gasteiger partial charge in [0.1, 0.15) is 11.4 Å². The molecule has 2 unspecified atom stereocenters. The van der Waals surface area contributed by atoms with E-state index in [-0.39, 0.29) is 58.8 Å². The zero-order valence-corrected chi connectivity index (χ0v) is 29.0. The molecule has 2 atom stereocenters. The largest absolute Gasteiger partial charge is 0.508 e. The number of hydrogen-bond donors (Lipinski definition) is 1. The van der Waals surface area contributed by atoms with Gasteiger partial charge in [0.05, 0.1) is 42.3 Å². The second-order valence-corrected chi connectivity index (χ2v) is 13.4. The van der Waals surface area contributed by atoms with Gasteiger partial charge in [0.25, 0.3) is 5.56 Å². The van der Waals surface area contributed by atoms with Crippen molar-refractivity contribution in [3.8, 4) is 17.2 Å². The van der Waals surface area contributed by atoms with Crippen LogP contribution in [-0.2, 0) is 36.1 Å². The molecule has 1 aliphatic heterocycles. The van der Waals surface area contributed by atoms with E-state index in [1.165, 1.54) is 40.3 Å². The van der Waals surface area contributed by atoms with Gasteiger partial charge < -0.3 is 19.1 Å². The topological polar surface area (TPSA) is 157 Å². The second kappa shape index (κ2) is 11.7. The van der Waals surface area contributed by atoms with Crippen LogP contribution in [0.1, 0.15) is 29.6 Å². The summed E-state index contributed by atoms with van der Waals surface area (Å²) >= 11 is 6.64. The molecule has 15 heteroatoms. The molecule has 246 valence electrons. The summed E-state index contributed by atoms with van der Waals surface area (Å²) in [5, 5.41) is 10.9. The van der Waals surface area contributed by atoms with Crippen LogP contribution in [0.3, 0.4) is 0 Å². The molecule has 0 fully saturated rings.